The fourth-order valence-electron chi connectivity index (χ4n) is 1.88. The van der Waals surface area contributed by atoms with E-state index in [9.17, 15) is 8.42 Å². The van der Waals surface area contributed by atoms with Crippen LogP contribution in [0.25, 0.3) is 0 Å². The van der Waals surface area contributed by atoms with Gasteiger partial charge >= 0.3 is 0 Å². The average Bonchev–Trinajstić information content (AvgIpc) is 2.91. The molecule has 0 aliphatic heterocycles. The van der Waals surface area contributed by atoms with E-state index in [1.54, 1.807) is 11.4 Å². The van der Waals surface area contributed by atoms with Gasteiger partial charge in [-0.1, -0.05) is 31.5 Å². The van der Waals surface area contributed by atoms with Crippen LogP contribution in [0.5, 0.6) is 0 Å². The zero-order valence-corrected chi connectivity index (χ0v) is 12.8. The zero-order chi connectivity index (χ0) is 14.6. The first-order valence-corrected chi connectivity index (χ1v) is 8.72. The number of aryl methyl sites for hydroxylation is 1. The predicted octanol–water partition coefficient (Wildman–Crippen LogP) is 2.99. The molecule has 0 amide bonds. The Hall–Kier alpha value is -1.37. The highest BCUT2D eigenvalue weighted by Crippen LogP contribution is 2.25. The molecule has 0 saturated carbocycles. The Morgan fingerprint density at radius 3 is 2.70 bits per heavy atom. The highest BCUT2D eigenvalue weighted by atomic mass is 32.2. The van der Waals surface area contributed by atoms with Crippen molar-refractivity contribution in [3.8, 4) is 0 Å². The third-order valence-electron chi connectivity index (χ3n) is 2.86. The summed E-state index contributed by atoms with van der Waals surface area (Å²) in [6.07, 6.45) is 1.78. The maximum atomic E-state index is 12.3. The SMILES string of the molecule is CCCc1ccccc1NS(=O)(=O)c1cc(CO)cs1. The molecular formula is C14H17NO3S2. The number of benzene rings is 1. The van der Waals surface area contributed by atoms with Crippen molar-refractivity contribution in [3.05, 3.63) is 46.8 Å². The molecule has 2 rings (SSSR count). The van der Waals surface area contributed by atoms with Crippen LogP contribution in [0.2, 0.25) is 0 Å². The molecule has 1 aromatic heterocycles. The van der Waals surface area contributed by atoms with Crippen LogP contribution in [-0.2, 0) is 23.1 Å². The standard InChI is InChI=1S/C14H17NO3S2/c1-2-5-12-6-3-4-7-13(12)15-20(17,18)14-8-11(9-16)10-19-14/h3-4,6-8,10,15-16H,2,5,9H2,1H3. The number of sulfonamides is 1. The topological polar surface area (TPSA) is 66.4 Å². The van der Waals surface area contributed by atoms with Gasteiger partial charge in [-0.2, -0.15) is 0 Å². The van der Waals surface area contributed by atoms with Crippen molar-refractivity contribution in [2.45, 2.75) is 30.6 Å². The van der Waals surface area contributed by atoms with Crippen LogP contribution in [0.1, 0.15) is 24.5 Å². The molecule has 0 atom stereocenters. The number of thiophene rings is 1. The van der Waals surface area contributed by atoms with Gasteiger partial charge < -0.3 is 5.11 Å². The average molecular weight is 311 g/mol. The number of hydrogen-bond donors (Lipinski definition) is 2. The lowest BCUT2D eigenvalue weighted by Crippen LogP contribution is -2.13. The molecule has 108 valence electrons. The molecule has 0 spiro atoms. The summed E-state index contributed by atoms with van der Waals surface area (Å²) < 4.78 is 27.5. The summed E-state index contributed by atoms with van der Waals surface area (Å²) in [5.41, 5.74) is 2.21. The molecule has 2 aromatic rings. The number of rotatable bonds is 6. The van der Waals surface area contributed by atoms with E-state index in [0.29, 0.717) is 11.3 Å². The summed E-state index contributed by atoms with van der Waals surface area (Å²) in [6, 6.07) is 8.90. The fourth-order valence-corrected chi connectivity index (χ4v) is 4.18. The Kier molecular flexibility index (Phi) is 4.80. The van der Waals surface area contributed by atoms with Crippen molar-refractivity contribution < 1.29 is 13.5 Å². The van der Waals surface area contributed by atoms with E-state index in [1.807, 2.05) is 18.2 Å². The molecule has 0 radical (unpaired) electrons. The second-order valence-electron chi connectivity index (χ2n) is 4.44. The summed E-state index contributed by atoms with van der Waals surface area (Å²) in [5, 5.41) is 10.7. The van der Waals surface area contributed by atoms with Gasteiger partial charge in [0.05, 0.1) is 12.3 Å². The number of nitrogens with one attached hydrogen (secondary N) is 1. The van der Waals surface area contributed by atoms with Crippen molar-refractivity contribution in [3.63, 3.8) is 0 Å². The number of para-hydroxylation sites is 1. The molecule has 4 nitrogen and oxygen atoms in total. The third-order valence-corrected chi connectivity index (χ3v) is 5.71. The quantitative estimate of drug-likeness (QED) is 0.862. The van der Waals surface area contributed by atoms with Crippen LogP contribution in [0.4, 0.5) is 5.69 Å². The van der Waals surface area contributed by atoms with E-state index in [1.165, 1.54) is 6.07 Å². The Balaban J connectivity index is 2.28. The maximum absolute atomic E-state index is 12.3. The van der Waals surface area contributed by atoms with E-state index in [2.05, 4.69) is 11.6 Å². The summed E-state index contributed by atoms with van der Waals surface area (Å²) in [4.78, 5) is 0. The molecule has 0 bridgehead atoms. The Labute approximate surface area is 123 Å². The largest absolute Gasteiger partial charge is 0.392 e. The van der Waals surface area contributed by atoms with E-state index < -0.39 is 10.0 Å². The van der Waals surface area contributed by atoms with E-state index in [0.717, 1.165) is 29.7 Å². The lowest BCUT2D eigenvalue weighted by molar-refractivity contribution is 0.282. The first-order valence-electron chi connectivity index (χ1n) is 6.36. The zero-order valence-electron chi connectivity index (χ0n) is 11.2. The first-order chi connectivity index (χ1) is 9.56. The van der Waals surface area contributed by atoms with Gasteiger partial charge in [-0.3, -0.25) is 4.72 Å². The molecule has 0 saturated heterocycles. The van der Waals surface area contributed by atoms with Crippen molar-refractivity contribution >= 4 is 27.0 Å². The van der Waals surface area contributed by atoms with Gasteiger partial charge in [-0.15, -0.1) is 11.3 Å². The molecule has 0 unspecified atom stereocenters. The monoisotopic (exact) mass is 311 g/mol. The van der Waals surface area contributed by atoms with Gasteiger partial charge in [-0.25, -0.2) is 8.42 Å². The number of hydrogen-bond acceptors (Lipinski definition) is 4. The molecule has 0 fully saturated rings. The van der Waals surface area contributed by atoms with Crippen LogP contribution < -0.4 is 4.72 Å². The minimum absolute atomic E-state index is 0.154. The van der Waals surface area contributed by atoms with Crippen LogP contribution in [0.3, 0.4) is 0 Å². The van der Waals surface area contributed by atoms with E-state index in [-0.39, 0.29) is 10.8 Å². The lowest BCUT2D eigenvalue weighted by Gasteiger charge is -2.11. The predicted molar refractivity (Wildman–Crippen MR) is 81.5 cm³/mol. The van der Waals surface area contributed by atoms with Crippen LogP contribution >= 0.6 is 11.3 Å². The first kappa shape index (κ1) is 15.0. The Morgan fingerprint density at radius 1 is 1.30 bits per heavy atom. The van der Waals surface area contributed by atoms with E-state index >= 15 is 0 Å². The van der Waals surface area contributed by atoms with Gasteiger partial charge in [-0.05, 0) is 35.1 Å². The number of aliphatic hydroxyl groups excluding tert-OH is 1. The molecule has 6 heteroatoms. The van der Waals surface area contributed by atoms with Gasteiger partial charge in [0.1, 0.15) is 4.21 Å². The summed E-state index contributed by atoms with van der Waals surface area (Å²) >= 11 is 1.11. The van der Waals surface area contributed by atoms with Crippen molar-refractivity contribution in [2.24, 2.45) is 0 Å². The van der Waals surface area contributed by atoms with Crippen LogP contribution in [0.15, 0.2) is 39.9 Å². The van der Waals surface area contributed by atoms with Crippen molar-refractivity contribution in [1.29, 1.82) is 0 Å². The minimum Gasteiger partial charge on any atom is -0.392 e. The molecule has 1 aromatic carbocycles. The second-order valence-corrected chi connectivity index (χ2v) is 7.27. The van der Waals surface area contributed by atoms with Crippen LogP contribution in [0, 0.1) is 0 Å². The molecule has 2 N–H and O–H groups in total. The van der Waals surface area contributed by atoms with Gasteiger partial charge in [0.25, 0.3) is 10.0 Å². The van der Waals surface area contributed by atoms with Crippen molar-refractivity contribution in [1.82, 2.24) is 0 Å². The summed E-state index contributed by atoms with van der Waals surface area (Å²) in [5.74, 6) is 0. The second kappa shape index (κ2) is 6.39. The molecule has 20 heavy (non-hydrogen) atoms. The summed E-state index contributed by atoms with van der Waals surface area (Å²) in [7, 11) is -3.59. The molecule has 0 aliphatic rings. The molecule has 0 aliphatic carbocycles. The maximum Gasteiger partial charge on any atom is 0.271 e. The van der Waals surface area contributed by atoms with E-state index in [4.69, 9.17) is 5.11 Å². The normalized spacial score (nSPS) is 11.5. The third kappa shape index (κ3) is 3.39. The summed E-state index contributed by atoms with van der Waals surface area (Å²) in [6.45, 7) is 1.90. The fraction of sp³-hybridized carbons (Fsp3) is 0.286. The minimum atomic E-state index is -3.59. The number of aliphatic hydroxyl groups is 1. The highest BCUT2D eigenvalue weighted by molar-refractivity contribution is 7.94. The lowest BCUT2D eigenvalue weighted by atomic mass is 10.1. The smallest absolute Gasteiger partial charge is 0.271 e. The Morgan fingerprint density at radius 2 is 2.05 bits per heavy atom. The molecule has 1 heterocycles. The number of anilines is 1. The van der Waals surface area contributed by atoms with Gasteiger partial charge in [0.2, 0.25) is 0 Å². The highest BCUT2D eigenvalue weighted by Gasteiger charge is 2.18. The van der Waals surface area contributed by atoms with Crippen molar-refractivity contribution in [2.75, 3.05) is 4.72 Å². The molecular weight excluding hydrogens is 294 g/mol. The van der Waals surface area contributed by atoms with Gasteiger partial charge in [0, 0.05) is 0 Å². The van der Waals surface area contributed by atoms with Crippen LogP contribution in [-0.4, -0.2) is 13.5 Å². The van der Waals surface area contributed by atoms with Gasteiger partial charge in [0.15, 0.2) is 0 Å². The Bertz CT molecular complexity index is 677.